The number of carbonyl (C=O) groups excluding carboxylic acids is 1. The number of phenolic OH excluding ortho intramolecular Hbond substituents is 1. The van der Waals surface area contributed by atoms with Crippen molar-refractivity contribution in [2.45, 2.75) is 32.8 Å². The molecule has 1 atom stereocenters. The Morgan fingerprint density at radius 2 is 1.77 bits per heavy atom. The number of phenols is 1. The average molecular weight is 556 g/mol. The minimum absolute atomic E-state index is 0.00498. The van der Waals surface area contributed by atoms with Crippen molar-refractivity contribution in [3.63, 3.8) is 0 Å². The van der Waals surface area contributed by atoms with E-state index in [0.717, 1.165) is 36.9 Å². The molecule has 9 heteroatoms. The second-order valence-corrected chi connectivity index (χ2v) is 10.8. The molecule has 0 saturated carbocycles. The van der Waals surface area contributed by atoms with E-state index in [1.165, 1.54) is 18.2 Å². The van der Waals surface area contributed by atoms with Gasteiger partial charge in [0.25, 0.3) is 0 Å². The van der Waals surface area contributed by atoms with Gasteiger partial charge in [-0.3, -0.25) is 14.1 Å². The minimum Gasteiger partial charge on any atom is -0.508 e. The molecule has 5 nitrogen and oxygen atoms in total. The van der Waals surface area contributed by atoms with Crippen molar-refractivity contribution in [2.75, 3.05) is 26.3 Å². The highest BCUT2D eigenvalue weighted by atomic mass is 32.1. The summed E-state index contributed by atoms with van der Waals surface area (Å²) in [5.74, 6) is -0.809. The molecule has 1 aromatic heterocycles. The first-order valence-electron chi connectivity index (χ1n) is 12.7. The maximum absolute atomic E-state index is 15.1. The van der Waals surface area contributed by atoms with E-state index >= 15 is 4.39 Å². The lowest BCUT2D eigenvalue weighted by Crippen LogP contribution is -2.26. The molecule has 4 aromatic rings. The zero-order chi connectivity index (χ0) is 27.7. The molecule has 1 saturated heterocycles. The van der Waals surface area contributed by atoms with E-state index in [1.54, 1.807) is 38.1 Å². The summed E-state index contributed by atoms with van der Waals surface area (Å²) in [4.78, 5) is 16.0. The number of ether oxygens (including phenoxy) is 2. The molecule has 1 unspecified atom stereocenters. The van der Waals surface area contributed by atoms with Crippen molar-refractivity contribution in [3.8, 4) is 23.0 Å². The van der Waals surface area contributed by atoms with Crippen molar-refractivity contribution in [1.82, 2.24) is 4.90 Å². The third-order valence-corrected chi connectivity index (χ3v) is 7.92. The minimum atomic E-state index is -0.721. The van der Waals surface area contributed by atoms with Crippen LogP contribution in [0.4, 0.5) is 13.2 Å². The summed E-state index contributed by atoms with van der Waals surface area (Å²) in [7, 11) is 0. The Bertz CT molecular complexity index is 1500. The number of thiophene rings is 1. The van der Waals surface area contributed by atoms with Gasteiger partial charge in [-0.2, -0.15) is 0 Å². The molecule has 1 aliphatic rings. The van der Waals surface area contributed by atoms with Gasteiger partial charge in [-0.25, -0.2) is 8.78 Å². The number of likely N-dealkylation sites (tertiary alicyclic amines) is 1. The Balaban J connectivity index is 1.43. The predicted molar refractivity (Wildman–Crippen MR) is 145 cm³/mol. The number of fused-ring (bicyclic) bond motifs is 1. The second kappa shape index (κ2) is 11.3. The number of ketones is 1. The van der Waals surface area contributed by atoms with Crippen LogP contribution in [0.3, 0.4) is 0 Å². The van der Waals surface area contributed by atoms with E-state index in [9.17, 15) is 18.7 Å². The molecule has 0 spiro atoms. The third-order valence-electron chi connectivity index (χ3n) is 6.80. The zero-order valence-electron chi connectivity index (χ0n) is 21.6. The summed E-state index contributed by atoms with van der Waals surface area (Å²) in [6.07, 6.45) is 1.37. The van der Waals surface area contributed by atoms with E-state index in [4.69, 9.17) is 9.47 Å². The zero-order valence-corrected chi connectivity index (χ0v) is 22.4. The van der Waals surface area contributed by atoms with Crippen LogP contribution < -0.4 is 9.47 Å². The van der Waals surface area contributed by atoms with Crippen LogP contribution in [0.2, 0.25) is 0 Å². The molecular weight excluding hydrogens is 527 g/mol. The van der Waals surface area contributed by atoms with Gasteiger partial charge in [0.2, 0.25) is 5.78 Å². The Hall–Kier alpha value is -3.56. The third kappa shape index (κ3) is 5.74. The molecule has 3 aromatic carbocycles. The second-order valence-electron chi connectivity index (χ2n) is 9.75. The van der Waals surface area contributed by atoms with Gasteiger partial charge in [-0.15, -0.1) is 11.3 Å². The normalized spacial score (nSPS) is 15.7. The monoisotopic (exact) mass is 555 g/mol. The fourth-order valence-corrected chi connectivity index (χ4v) is 6.17. The van der Waals surface area contributed by atoms with E-state index < -0.39 is 17.4 Å². The number of hydrogen-bond acceptors (Lipinski definition) is 6. The Kier molecular flexibility index (Phi) is 7.81. The van der Waals surface area contributed by atoms with Crippen molar-refractivity contribution in [3.05, 3.63) is 81.7 Å². The Morgan fingerprint density at radius 1 is 1.08 bits per heavy atom. The van der Waals surface area contributed by atoms with Gasteiger partial charge in [0, 0.05) is 36.0 Å². The number of hydrogen-bond donors (Lipinski definition) is 1. The van der Waals surface area contributed by atoms with Crippen LogP contribution >= 0.6 is 11.3 Å². The molecule has 1 aliphatic heterocycles. The lowest BCUT2D eigenvalue weighted by Gasteiger charge is -2.16. The lowest BCUT2D eigenvalue weighted by atomic mass is 9.97. The first kappa shape index (κ1) is 27.0. The first-order chi connectivity index (χ1) is 18.7. The van der Waals surface area contributed by atoms with Gasteiger partial charge < -0.3 is 14.6 Å². The molecule has 39 heavy (non-hydrogen) atoms. The average Bonchev–Trinajstić information content (AvgIpc) is 3.47. The van der Waals surface area contributed by atoms with Crippen molar-refractivity contribution >= 4 is 27.2 Å². The summed E-state index contributed by atoms with van der Waals surface area (Å²) >= 11 is 1.01. The van der Waals surface area contributed by atoms with Crippen LogP contribution in [-0.4, -0.2) is 48.2 Å². The number of nitrogens with zero attached hydrogens (tertiary/aromatic N) is 1. The maximum Gasteiger partial charge on any atom is 0.207 e. The lowest BCUT2D eigenvalue weighted by molar-refractivity contribution is 0.103. The van der Waals surface area contributed by atoms with Gasteiger partial charge in [0.15, 0.2) is 5.75 Å². The van der Waals surface area contributed by atoms with Gasteiger partial charge in [-0.05, 0) is 80.3 Å². The standard InChI is InChI=1S/C30H28F3NO4S/c1-17-12-19(32)13-18(2)26(17)28(36)30-29(27-24(33)14-20(35)15-25(27)39-30)38-22-6-4-21(5-7-22)37-23-8-11-34(16-23)10-3-9-31/h4-7,12-15,23,35H,3,8-11,16H2,1-2H3. The van der Waals surface area contributed by atoms with Crippen LogP contribution in [0.25, 0.3) is 10.1 Å². The molecule has 2 heterocycles. The number of halogens is 3. The molecule has 1 fully saturated rings. The van der Waals surface area contributed by atoms with E-state index in [0.29, 0.717) is 45.9 Å². The number of aryl methyl sites for hydroxylation is 2. The van der Waals surface area contributed by atoms with Gasteiger partial charge in [0.05, 0.1) is 12.1 Å². The molecule has 0 radical (unpaired) electrons. The number of benzene rings is 3. The fourth-order valence-electron chi connectivity index (χ4n) is 5.04. The fraction of sp³-hybridized carbons (Fsp3) is 0.300. The summed E-state index contributed by atoms with van der Waals surface area (Å²) in [5.41, 5.74) is 1.24. The largest absolute Gasteiger partial charge is 0.508 e. The van der Waals surface area contributed by atoms with Crippen LogP contribution in [0.15, 0.2) is 48.5 Å². The Labute approximate surface area is 228 Å². The SMILES string of the molecule is Cc1cc(F)cc(C)c1C(=O)c1sc2cc(O)cc(F)c2c1Oc1ccc(OC2CCN(CCCF)C2)cc1. The molecule has 5 rings (SSSR count). The first-order valence-corrected chi connectivity index (χ1v) is 13.5. The van der Waals surface area contributed by atoms with Crippen molar-refractivity contribution in [1.29, 1.82) is 0 Å². The highest BCUT2D eigenvalue weighted by Gasteiger charge is 2.27. The number of aromatic hydroxyl groups is 1. The van der Waals surface area contributed by atoms with E-state index in [1.807, 2.05) is 0 Å². The molecular formula is C30H28F3NO4S. The van der Waals surface area contributed by atoms with Gasteiger partial charge in [0.1, 0.15) is 39.9 Å². The summed E-state index contributed by atoms with van der Waals surface area (Å²) in [5, 5.41) is 10.0. The van der Waals surface area contributed by atoms with E-state index in [2.05, 4.69) is 4.90 Å². The van der Waals surface area contributed by atoms with Crippen molar-refractivity contribution < 1.29 is 32.5 Å². The predicted octanol–water partition coefficient (Wildman–Crippen LogP) is 7.34. The number of carbonyl (C=O) groups is 1. The van der Waals surface area contributed by atoms with Crippen LogP contribution in [0.5, 0.6) is 23.0 Å². The van der Waals surface area contributed by atoms with Crippen molar-refractivity contribution in [2.24, 2.45) is 0 Å². The maximum atomic E-state index is 15.1. The van der Waals surface area contributed by atoms with Gasteiger partial charge >= 0.3 is 0 Å². The van der Waals surface area contributed by atoms with Crippen LogP contribution in [-0.2, 0) is 0 Å². The Morgan fingerprint density at radius 3 is 2.46 bits per heavy atom. The van der Waals surface area contributed by atoms with Gasteiger partial charge in [-0.1, -0.05) is 0 Å². The molecule has 0 amide bonds. The number of alkyl halides is 1. The smallest absolute Gasteiger partial charge is 0.207 e. The molecule has 204 valence electrons. The van der Waals surface area contributed by atoms with Crippen LogP contribution in [0.1, 0.15) is 39.2 Å². The summed E-state index contributed by atoms with van der Waals surface area (Å²) in [6.45, 7) is 5.27. The summed E-state index contributed by atoms with van der Waals surface area (Å²) in [6, 6.07) is 11.8. The molecule has 0 bridgehead atoms. The number of rotatable bonds is 9. The molecule has 1 N–H and O–H groups in total. The highest BCUT2D eigenvalue weighted by Crippen LogP contribution is 2.44. The quantitative estimate of drug-likeness (QED) is 0.219. The highest BCUT2D eigenvalue weighted by molar-refractivity contribution is 7.21. The summed E-state index contributed by atoms with van der Waals surface area (Å²) < 4.78 is 54.0. The van der Waals surface area contributed by atoms with E-state index in [-0.39, 0.29) is 34.5 Å². The molecule has 0 aliphatic carbocycles. The topological polar surface area (TPSA) is 59.0 Å². The van der Waals surface area contributed by atoms with Crippen LogP contribution in [0, 0.1) is 25.5 Å².